The topological polar surface area (TPSA) is 85.6 Å². The Bertz CT molecular complexity index is 1160. The summed E-state index contributed by atoms with van der Waals surface area (Å²) < 4.78 is 18.5. The molecule has 2 N–H and O–H groups in total. The number of hydrogen-bond acceptors (Lipinski definition) is 4. The van der Waals surface area contributed by atoms with Gasteiger partial charge >= 0.3 is 6.03 Å². The number of amides is 2. The summed E-state index contributed by atoms with van der Waals surface area (Å²) in [4.78, 5) is 14.2. The number of nitrogens with one attached hydrogen (secondary N) is 1. The fourth-order valence-electron chi connectivity index (χ4n) is 4.22. The predicted molar refractivity (Wildman–Crippen MR) is 119 cm³/mol. The number of halogens is 1. The molecule has 0 bridgehead atoms. The van der Waals surface area contributed by atoms with Crippen molar-refractivity contribution in [1.29, 1.82) is 5.26 Å². The standard InChI is InChI=1S/C25H22FN3O3/c1-32-19-6-4-5-16(13-19)20-7-2-3-8-21(20)24-22(14-27)29(23(24)15-30)25(31)28-18-11-9-17(26)10-12-18/h2-13,22-24,30H,15H2,1H3,(H,28,31)/t22-,23+,24+/m0/s1. The number of ether oxygens (including phenoxy) is 1. The molecule has 0 aromatic heterocycles. The molecule has 0 radical (unpaired) electrons. The molecule has 4 rings (SSSR count). The normalized spacial score (nSPS) is 19.6. The number of benzene rings is 3. The van der Waals surface area contributed by atoms with Crippen molar-refractivity contribution >= 4 is 11.7 Å². The lowest BCUT2D eigenvalue weighted by molar-refractivity contribution is 0.0226. The monoisotopic (exact) mass is 431 g/mol. The van der Waals surface area contributed by atoms with Gasteiger partial charge in [0.15, 0.2) is 0 Å². The van der Waals surface area contributed by atoms with Crippen molar-refractivity contribution in [2.75, 3.05) is 19.0 Å². The van der Waals surface area contributed by atoms with Crippen LogP contribution in [-0.4, -0.2) is 41.8 Å². The molecule has 0 spiro atoms. The van der Waals surface area contributed by atoms with Gasteiger partial charge in [-0.05, 0) is 53.1 Å². The molecule has 3 atom stereocenters. The van der Waals surface area contributed by atoms with Gasteiger partial charge in [0.2, 0.25) is 0 Å². The summed E-state index contributed by atoms with van der Waals surface area (Å²) in [5.74, 6) is -0.0718. The van der Waals surface area contributed by atoms with E-state index in [-0.39, 0.29) is 12.5 Å². The van der Waals surface area contributed by atoms with Gasteiger partial charge in [-0.3, -0.25) is 0 Å². The Morgan fingerprint density at radius 3 is 2.59 bits per heavy atom. The van der Waals surface area contributed by atoms with Gasteiger partial charge < -0.3 is 20.1 Å². The van der Waals surface area contributed by atoms with Crippen LogP contribution in [0.3, 0.4) is 0 Å². The van der Waals surface area contributed by atoms with Crippen LogP contribution in [0.25, 0.3) is 11.1 Å². The van der Waals surface area contributed by atoms with Crippen molar-refractivity contribution in [3.8, 4) is 22.9 Å². The predicted octanol–water partition coefficient (Wildman–Crippen LogP) is 4.39. The van der Waals surface area contributed by atoms with E-state index in [1.165, 1.54) is 29.2 Å². The van der Waals surface area contributed by atoms with E-state index >= 15 is 0 Å². The smallest absolute Gasteiger partial charge is 0.323 e. The van der Waals surface area contributed by atoms with Crippen molar-refractivity contribution in [1.82, 2.24) is 4.90 Å². The first-order valence-corrected chi connectivity index (χ1v) is 10.2. The van der Waals surface area contributed by atoms with Crippen molar-refractivity contribution in [3.05, 3.63) is 84.2 Å². The number of aliphatic hydroxyl groups excluding tert-OH is 1. The van der Waals surface area contributed by atoms with Gasteiger partial charge in [0.05, 0.1) is 25.8 Å². The zero-order chi connectivity index (χ0) is 22.7. The Labute approximate surface area is 185 Å². The number of rotatable bonds is 5. The summed E-state index contributed by atoms with van der Waals surface area (Å²) in [5.41, 5.74) is 3.11. The van der Waals surface area contributed by atoms with Crippen molar-refractivity contribution < 1.29 is 19.0 Å². The molecule has 2 amide bonds. The van der Waals surface area contributed by atoms with Crippen LogP contribution in [-0.2, 0) is 0 Å². The summed E-state index contributed by atoms with van der Waals surface area (Å²) in [7, 11) is 1.60. The third-order valence-electron chi connectivity index (χ3n) is 5.76. The summed E-state index contributed by atoms with van der Waals surface area (Å²) in [5, 5.41) is 22.6. The average Bonchev–Trinajstić information content (AvgIpc) is 2.81. The van der Waals surface area contributed by atoms with Gasteiger partial charge in [-0.2, -0.15) is 5.26 Å². The van der Waals surface area contributed by atoms with E-state index in [0.29, 0.717) is 11.4 Å². The molecule has 1 fully saturated rings. The summed E-state index contributed by atoms with van der Waals surface area (Å²) in [6.45, 7) is -0.299. The second kappa shape index (κ2) is 9.08. The number of hydrogen-bond donors (Lipinski definition) is 2. The van der Waals surface area contributed by atoms with Crippen LogP contribution in [0.4, 0.5) is 14.9 Å². The summed E-state index contributed by atoms with van der Waals surface area (Å²) in [6.07, 6.45) is 0. The number of nitrogens with zero attached hydrogens (tertiary/aromatic N) is 2. The summed E-state index contributed by atoms with van der Waals surface area (Å²) >= 11 is 0. The highest BCUT2D eigenvalue weighted by Crippen LogP contribution is 2.44. The number of methoxy groups -OCH3 is 1. The molecule has 0 saturated carbocycles. The lowest BCUT2D eigenvalue weighted by Gasteiger charge is -2.51. The van der Waals surface area contributed by atoms with E-state index in [1.807, 2.05) is 48.5 Å². The second-order valence-corrected chi connectivity index (χ2v) is 7.51. The van der Waals surface area contributed by atoms with Gasteiger partial charge in [-0.15, -0.1) is 0 Å². The highest BCUT2D eigenvalue weighted by Gasteiger charge is 2.52. The Balaban J connectivity index is 1.64. The van der Waals surface area contributed by atoms with Crippen molar-refractivity contribution in [2.45, 2.75) is 18.0 Å². The minimum Gasteiger partial charge on any atom is -0.497 e. The van der Waals surface area contributed by atoms with Crippen LogP contribution < -0.4 is 10.1 Å². The SMILES string of the molecule is COc1cccc(-c2ccccc2[C@H]2[C@@H](CO)N(C(=O)Nc3ccc(F)cc3)[C@H]2C#N)c1. The van der Waals surface area contributed by atoms with Crippen LogP contribution in [0.2, 0.25) is 0 Å². The van der Waals surface area contributed by atoms with Gasteiger partial charge in [-0.25, -0.2) is 9.18 Å². The van der Waals surface area contributed by atoms with E-state index in [9.17, 15) is 19.6 Å². The maximum Gasteiger partial charge on any atom is 0.323 e. The number of carbonyl (C=O) groups excluding carboxylic acids is 1. The van der Waals surface area contributed by atoms with E-state index in [4.69, 9.17) is 4.74 Å². The second-order valence-electron chi connectivity index (χ2n) is 7.51. The Morgan fingerprint density at radius 2 is 1.91 bits per heavy atom. The highest BCUT2D eigenvalue weighted by atomic mass is 19.1. The molecule has 1 heterocycles. The van der Waals surface area contributed by atoms with Crippen LogP contribution in [0.15, 0.2) is 72.8 Å². The fourth-order valence-corrected chi connectivity index (χ4v) is 4.22. The Hall–Kier alpha value is -3.89. The zero-order valence-electron chi connectivity index (χ0n) is 17.4. The quantitative estimate of drug-likeness (QED) is 0.628. The fraction of sp³-hybridized carbons (Fsp3) is 0.200. The minimum atomic E-state index is -0.764. The first-order chi connectivity index (χ1) is 15.6. The molecule has 1 saturated heterocycles. The largest absolute Gasteiger partial charge is 0.497 e. The molecule has 6 nitrogen and oxygen atoms in total. The van der Waals surface area contributed by atoms with E-state index in [1.54, 1.807) is 7.11 Å². The Kier molecular flexibility index (Phi) is 6.06. The lowest BCUT2D eigenvalue weighted by atomic mass is 9.73. The molecule has 3 aromatic rings. The molecule has 3 aromatic carbocycles. The van der Waals surface area contributed by atoms with Crippen LogP contribution in [0.5, 0.6) is 5.75 Å². The molecule has 1 aliphatic heterocycles. The number of carbonyl (C=O) groups is 1. The maximum absolute atomic E-state index is 13.2. The van der Waals surface area contributed by atoms with Crippen LogP contribution in [0.1, 0.15) is 11.5 Å². The van der Waals surface area contributed by atoms with Gasteiger partial charge in [0, 0.05) is 11.6 Å². The van der Waals surface area contributed by atoms with Crippen LogP contribution in [0, 0.1) is 17.1 Å². The zero-order valence-corrected chi connectivity index (χ0v) is 17.4. The minimum absolute atomic E-state index is 0.299. The van der Waals surface area contributed by atoms with E-state index in [0.717, 1.165) is 16.7 Å². The number of nitriles is 1. The highest BCUT2D eigenvalue weighted by molar-refractivity contribution is 5.91. The first kappa shape index (κ1) is 21.3. The lowest BCUT2D eigenvalue weighted by Crippen LogP contribution is -2.66. The molecule has 0 aliphatic carbocycles. The molecule has 0 unspecified atom stereocenters. The van der Waals surface area contributed by atoms with Gasteiger partial charge in [-0.1, -0.05) is 36.4 Å². The third kappa shape index (κ3) is 3.88. The average molecular weight is 431 g/mol. The maximum atomic E-state index is 13.2. The molecule has 7 heteroatoms. The van der Waals surface area contributed by atoms with Gasteiger partial charge in [0.1, 0.15) is 17.6 Å². The number of likely N-dealkylation sites (tertiary alicyclic amines) is 1. The first-order valence-electron chi connectivity index (χ1n) is 10.2. The molecule has 162 valence electrons. The molecule has 1 aliphatic rings. The number of urea groups is 1. The van der Waals surface area contributed by atoms with Crippen molar-refractivity contribution in [2.24, 2.45) is 0 Å². The number of anilines is 1. The molecular formula is C25H22FN3O3. The van der Waals surface area contributed by atoms with Gasteiger partial charge in [0.25, 0.3) is 0 Å². The van der Waals surface area contributed by atoms with E-state index < -0.39 is 23.9 Å². The number of aliphatic hydroxyl groups is 1. The molecular weight excluding hydrogens is 409 g/mol. The van der Waals surface area contributed by atoms with Crippen molar-refractivity contribution in [3.63, 3.8) is 0 Å². The van der Waals surface area contributed by atoms with Crippen LogP contribution >= 0.6 is 0 Å². The summed E-state index contributed by atoms with van der Waals surface area (Å²) in [6, 6.07) is 21.0. The Morgan fingerprint density at radius 1 is 1.16 bits per heavy atom. The van der Waals surface area contributed by atoms with E-state index in [2.05, 4.69) is 11.4 Å². The third-order valence-corrected chi connectivity index (χ3v) is 5.76. The molecule has 32 heavy (non-hydrogen) atoms.